The van der Waals surface area contributed by atoms with Gasteiger partial charge in [-0.15, -0.1) is 0 Å². The molecular weight excluding hydrogens is 322 g/mol. The van der Waals surface area contributed by atoms with E-state index in [9.17, 15) is 4.79 Å². The van der Waals surface area contributed by atoms with E-state index in [2.05, 4.69) is 20.8 Å². The van der Waals surface area contributed by atoms with Crippen LogP contribution in [0.2, 0.25) is 0 Å². The predicted molar refractivity (Wildman–Crippen MR) is 104 cm³/mol. The van der Waals surface area contributed by atoms with Crippen LogP contribution in [0.3, 0.4) is 0 Å². The van der Waals surface area contributed by atoms with Crippen molar-refractivity contribution >= 4 is 11.5 Å². The fraction of sp³-hybridized carbons (Fsp3) is 0.913. The van der Waals surface area contributed by atoms with Gasteiger partial charge in [0.15, 0.2) is 5.78 Å². The lowest BCUT2D eigenvalue weighted by Crippen LogP contribution is -2.56. The minimum Gasteiger partial charge on any atom is -0.384 e. The molecule has 0 aromatic heterocycles. The van der Waals surface area contributed by atoms with E-state index in [-0.39, 0.29) is 17.1 Å². The number of carbonyl (C=O) groups excluding carboxylic acids is 1. The van der Waals surface area contributed by atoms with Gasteiger partial charge >= 0.3 is 0 Å². The fourth-order valence-corrected chi connectivity index (χ4v) is 8.36. The molecule has 3 heteroatoms. The molecule has 0 aromatic carbocycles. The van der Waals surface area contributed by atoms with Gasteiger partial charge in [0.1, 0.15) is 0 Å². The van der Waals surface area contributed by atoms with Crippen molar-refractivity contribution in [3.63, 3.8) is 0 Å². The molecule has 26 heavy (non-hydrogen) atoms. The van der Waals surface area contributed by atoms with Crippen molar-refractivity contribution in [3.8, 4) is 0 Å². The Bertz CT molecular complexity index is 601. The van der Waals surface area contributed by atoms with Crippen LogP contribution in [0.4, 0.5) is 0 Å². The van der Waals surface area contributed by atoms with Gasteiger partial charge in [-0.3, -0.25) is 4.79 Å². The minimum absolute atomic E-state index is 0.126. The maximum Gasteiger partial charge on any atom is 0.176 e. The Morgan fingerprint density at radius 1 is 1.08 bits per heavy atom. The summed E-state index contributed by atoms with van der Waals surface area (Å²) in [6, 6.07) is 0. The van der Waals surface area contributed by atoms with Crippen LogP contribution in [0.5, 0.6) is 0 Å². The lowest BCUT2D eigenvalue weighted by Gasteiger charge is -2.60. The average Bonchev–Trinajstić information content (AvgIpc) is 2.96. The first-order chi connectivity index (χ1) is 12.3. The van der Waals surface area contributed by atoms with Crippen LogP contribution in [-0.2, 0) is 9.53 Å². The number of hydrogen-bond acceptors (Lipinski definition) is 3. The van der Waals surface area contributed by atoms with Crippen molar-refractivity contribution in [2.45, 2.75) is 72.1 Å². The first kappa shape index (κ1) is 18.7. The summed E-state index contributed by atoms with van der Waals surface area (Å²) < 4.78 is 5.50. The Labute approximate surface area is 159 Å². The number of hydrogen-bond donors (Lipinski definition) is 1. The molecule has 4 aliphatic carbocycles. The highest BCUT2D eigenvalue weighted by atomic mass is 16.5. The second-order valence-corrected chi connectivity index (χ2v) is 10.5. The maximum atomic E-state index is 12.1. The van der Waals surface area contributed by atoms with E-state index in [1.807, 2.05) is 7.11 Å². The first-order valence-corrected chi connectivity index (χ1v) is 10.9. The Morgan fingerprint density at radius 2 is 1.81 bits per heavy atom. The number of nitrogens with one attached hydrogen (secondary N) is 1. The van der Waals surface area contributed by atoms with Gasteiger partial charge in [0.25, 0.3) is 0 Å². The number of fused-ring (bicyclic) bond motifs is 5. The second kappa shape index (κ2) is 6.43. The van der Waals surface area contributed by atoms with Gasteiger partial charge < -0.3 is 10.1 Å². The first-order valence-electron chi connectivity index (χ1n) is 10.9. The molecule has 0 radical (unpaired) electrons. The van der Waals surface area contributed by atoms with Gasteiger partial charge in [0, 0.05) is 26.1 Å². The van der Waals surface area contributed by atoms with Gasteiger partial charge in [-0.1, -0.05) is 20.8 Å². The number of ether oxygens (including phenoxy) is 1. The lowest BCUT2D eigenvalue weighted by atomic mass is 9.44. The molecule has 4 fully saturated rings. The highest BCUT2D eigenvalue weighted by Gasteiger charge is 2.61. The number of rotatable bonds is 3. The highest BCUT2D eigenvalue weighted by molar-refractivity contribution is 6.40. The molecule has 0 spiro atoms. The summed E-state index contributed by atoms with van der Waals surface area (Å²) in [4.78, 5) is 12.1. The summed E-state index contributed by atoms with van der Waals surface area (Å²) >= 11 is 0. The summed E-state index contributed by atoms with van der Waals surface area (Å²) in [6.07, 6.45) is 9.34. The third-order valence-corrected chi connectivity index (χ3v) is 9.60. The van der Waals surface area contributed by atoms with Gasteiger partial charge in [0.05, 0.1) is 5.71 Å². The van der Waals surface area contributed by atoms with Crippen LogP contribution in [0.1, 0.15) is 72.1 Å². The van der Waals surface area contributed by atoms with Crippen LogP contribution < -0.4 is 0 Å². The monoisotopic (exact) mass is 359 g/mol. The number of Topliss-reactive ketones (excluding diaryl/α,β-unsaturated/α-hetero) is 1. The zero-order valence-electron chi connectivity index (χ0n) is 17.1. The average molecular weight is 360 g/mol. The molecule has 146 valence electrons. The molecule has 0 aromatic rings. The summed E-state index contributed by atoms with van der Waals surface area (Å²) in [5, 5.41) is 8.41. The van der Waals surface area contributed by atoms with E-state index in [0.717, 1.165) is 43.1 Å². The van der Waals surface area contributed by atoms with Crippen molar-refractivity contribution in [1.29, 1.82) is 5.41 Å². The van der Waals surface area contributed by atoms with E-state index in [0.29, 0.717) is 23.5 Å². The minimum atomic E-state index is 0.126. The van der Waals surface area contributed by atoms with E-state index >= 15 is 0 Å². The molecule has 4 saturated carbocycles. The van der Waals surface area contributed by atoms with Crippen molar-refractivity contribution in [1.82, 2.24) is 0 Å². The second-order valence-electron chi connectivity index (χ2n) is 10.5. The summed E-state index contributed by atoms with van der Waals surface area (Å²) in [6.45, 7) is 8.29. The Morgan fingerprint density at radius 3 is 2.54 bits per heavy atom. The van der Waals surface area contributed by atoms with Crippen molar-refractivity contribution in [3.05, 3.63) is 0 Å². The molecule has 0 amide bonds. The Kier molecular flexibility index (Phi) is 4.61. The molecule has 0 heterocycles. The number of ketones is 1. The van der Waals surface area contributed by atoms with Crippen LogP contribution in [0.25, 0.3) is 0 Å². The summed E-state index contributed by atoms with van der Waals surface area (Å²) in [5.41, 5.74) is 1.13. The van der Waals surface area contributed by atoms with Gasteiger partial charge in [0.2, 0.25) is 0 Å². The smallest absolute Gasteiger partial charge is 0.176 e. The van der Waals surface area contributed by atoms with Crippen LogP contribution in [0.15, 0.2) is 0 Å². The van der Waals surface area contributed by atoms with Crippen LogP contribution in [0, 0.1) is 51.7 Å². The Balaban J connectivity index is 1.59. The largest absolute Gasteiger partial charge is 0.384 e. The molecule has 8 atom stereocenters. The van der Waals surface area contributed by atoms with E-state index < -0.39 is 0 Å². The predicted octanol–water partition coefficient (Wildman–Crippen LogP) is 5.13. The summed E-state index contributed by atoms with van der Waals surface area (Å²) in [5.74, 6) is 4.19. The summed E-state index contributed by atoms with van der Waals surface area (Å²) in [7, 11) is 1.84. The van der Waals surface area contributed by atoms with Crippen molar-refractivity contribution in [2.75, 3.05) is 13.7 Å². The zero-order valence-corrected chi connectivity index (χ0v) is 17.1. The van der Waals surface area contributed by atoms with Gasteiger partial charge in [-0.25, -0.2) is 0 Å². The zero-order chi connectivity index (χ0) is 18.7. The highest BCUT2D eigenvalue weighted by Crippen LogP contribution is 2.67. The standard InChI is InChI=1S/C23H37NO2/c1-14(13-26-4)16-7-8-17-15-5-6-19-21(24)20(25)10-12-23(19,3)18(15)9-11-22(16,17)2/h14-19,24H,5-13H2,1-4H3/t14-,15+,16-,17+,18+,19?,22-,23-/m1/s1. The van der Waals surface area contributed by atoms with E-state index in [4.69, 9.17) is 10.1 Å². The molecule has 0 bridgehead atoms. The van der Waals surface area contributed by atoms with Gasteiger partial charge in [-0.05, 0) is 85.4 Å². The third-order valence-electron chi connectivity index (χ3n) is 9.60. The molecule has 4 rings (SSSR count). The number of methoxy groups -OCH3 is 1. The van der Waals surface area contributed by atoms with Crippen molar-refractivity contribution in [2.24, 2.45) is 46.3 Å². The van der Waals surface area contributed by atoms with E-state index in [1.54, 1.807) is 0 Å². The lowest BCUT2D eigenvalue weighted by molar-refractivity contribution is -0.123. The fourth-order valence-electron chi connectivity index (χ4n) is 8.36. The molecule has 0 saturated heterocycles. The maximum absolute atomic E-state index is 12.1. The topological polar surface area (TPSA) is 50.1 Å². The molecule has 1 N–H and O–H groups in total. The molecule has 0 aliphatic heterocycles. The number of carbonyl (C=O) groups is 1. The van der Waals surface area contributed by atoms with E-state index in [1.165, 1.54) is 32.1 Å². The van der Waals surface area contributed by atoms with Crippen LogP contribution >= 0.6 is 0 Å². The molecule has 1 unspecified atom stereocenters. The Hall–Kier alpha value is -0.700. The SMILES string of the molecule is COC[C@@H](C)[C@H]1CC[C@H]2[C@@H]3CCC4C(=N)C(=O)CC[C@]4(C)[C@H]3CC[C@]12C. The molecule has 3 nitrogen and oxygen atoms in total. The van der Waals surface area contributed by atoms with Crippen molar-refractivity contribution < 1.29 is 9.53 Å². The third kappa shape index (κ3) is 2.48. The quantitative estimate of drug-likeness (QED) is 0.759. The normalized spacial score (nSPS) is 49.3. The molecular formula is C23H37NO2. The molecule has 4 aliphatic rings. The van der Waals surface area contributed by atoms with Crippen LogP contribution in [-0.4, -0.2) is 25.2 Å². The van der Waals surface area contributed by atoms with Gasteiger partial charge in [-0.2, -0.15) is 0 Å².